The van der Waals surface area contributed by atoms with Crippen LogP contribution < -0.4 is 10.6 Å². The van der Waals surface area contributed by atoms with Gasteiger partial charge in [-0.15, -0.1) is 10.2 Å². The highest BCUT2D eigenvalue weighted by atomic mass is 32.1. The van der Waals surface area contributed by atoms with Crippen molar-refractivity contribution in [2.24, 2.45) is 0 Å². The highest BCUT2D eigenvalue weighted by molar-refractivity contribution is 7.80. The van der Waals surface area contributed by atoms with Gasteiger partial charge in [0.05, 0.1) is 6.61 Å². The fraction of sp³-hybridized carbons (Fsp3) is 0.364. The molecule has 7 nitrogen and oxygen atoms in total. The SMILES string of the molecule is CCOC(=O)/C=C/C(=O)NC(=S)Nc1nnc(CC)s1. The third-order valence-corrected chi connectivity index (χ3v) is 3.07. The fourth-order valence-corrected chi connectivity index (χ4v) is 2.01. The summed E-state index contributed by atoms with van der Waals surface area (Å²) in [6.07, 6.45) is 2.85. The number of esters is 1. The Labute approximate surface area is 125 Å². The summed E-state index contributed by atoms with van der Waals surface area (Å²) in [6.45, 7) is 3.89. The molecule has 0 aliphatic heterocycles. The molecule has 1 rings (SSSR count). The molecule has 0 aromatic carbocycles. The Morgan fingerprint density at radius 2 is 2.10 bits per heavy atom. The van der Waals surface area contributed by atoms with Crippen molar-refractivity contribution < 1.29 is 14.3 Å². The van der Waals surface area contributed by atoms with Crippen molar-refractivity contribution >= 4 is 45.7 Å². The van der Waals surface area contributed by atoms with E-state index in [1.165, 1.54) is 11.3 Å². The number of hydrogen-bond acceptors (Lipinski definition) is 7. The van der Waals surface area contributed by atoms with E-state index in [9.17, 15) is 9.59 Å². The normalized spacial score (nSPS) is 10.3. The summed E-state index contributed by atoms with van der Waals surface area (Å²) in [6, 6.07) is 0. The lowest BCUT2D eigenvalue weighted by Crippen LogP contribution is -2.32. The maximum atomic E-state index is 11.4. The van der Waals surface area contributed by atoms with Gasteiger partial charge in [0.1, 0.15) is 5.01 Å². The predicted molar refractivity (Wildman–Crippen MR) is 79.4 cm³/mol. The second kappa shape index (κ2) is 8.33. The quantitative estimate of drug-likeness (QED) is 0.476. The van der Waals surface area contributed by atoms with E-state index in [1.54, 1.807) is 6.92 Å². The van der Waals surface area contributed by atoms with Crippen LogP contribution in [0.5, 0.6) is 0 Å². The van der Waals surface area contributed by atoms with E-state index < -0.39 is 11.9 Å². The molecular weight excluding hydrogens is 300 g/mol. The number of aryl methyl sites for hydroxylation is 1. The minimum Gasteiger partial charge on any atom is -0.463 e. The van der Waals surface area contributed by atoms with Crippen molar-refractivity contribution in [2.45, 2.75) is 20.3 Å². The molecule has 0 unspecified atom stereocenters. The molecule has 0 fully saturated rings. The van der Waals surface area contributed by atoms with Gasteiger partial charge in [0.2, 0.25) is 11.0 Å². The number of carbonyl (C=O) groups excluding carboxylic acids is 2. The molecule has 0 radical (unpaired) electrons. The number of ether oxygens (including phenoxy) is 1. The van der Waals surface area contributed by atoms with Gasteiger partial charge in [-0.25, -0.2) is 4.79 Å². The number of nitrogens with one attached hydrogen (secondary N) is 2. The van der Waals surface area contributed by atoms with Crippen LogP contribution in [0.1, 0.15) is 18.9 Å². The molecule has 108 valence electrons. The summed E-state index contributed by atoms with van der Waals surface area (Å²) in [5.74, 6) is -1.12. The number of carbonyl (C=O) groups is 2. The summed E-state index contributed by atoms with van der Waals surface area (Å²) < 4.78 is 4.64. The van der Waals surface area contributed by atoms with Crippen LogP contribution in [-0.4, -0.2) is 33.8 Å². The Morgan fingerprint density at radius 1 is 1.35 bits per heavy atom. The Balaban J connectivity index is 2.41. The summed E-state index contributed by atoms with van der Waals surface area (Å²) in [7, 11) is 0. The summed E-state index contributed by atoms with van der Waals surface area (Å²) >= 11 is 6.28. The number of rotatable bonds is 5. The Morgan fingerprint density at radius 3 is 2.70 bits per heavy atom. The van der Waals surface area contributed by atoms with Gasteiger partial charge in [0.25, 0.3) is 0 Å². The second-order valence-electron chi connectivity index (χ2n) is 3.38. The first-order valence-corrected chi connectivity index (χ1v) is 7.06. The fourth-order valence-electron chi connectivity index (χ4n) is 1.06. The van der Waals surface area contributed by atoms with Crippen molar-refractivity contribution in [1.82, 2.24) is 15.5 Å². The van der Waals surface area contributed by atoms with Crippen LogP contribution in [0.2, 0.25) is 0 Å². The molecular formula is C11H14N4O3S2. The van der Waals surface area contributed by atoms with Crippen LogP contribution in [-0.2, 0) is 20.7 Å². The molecule has 0 aliphatic rings. The predicted octanol–water partition coefficient (Wildman–Crippen LogP) is 1.03. The van der Waals surface area contributed by atoms with Gasteiger partial charge in [0.15, 0.2) is 5.11 Å². The zero-order valence-electron chi connectivity index (χ0n) is 11.0. The van der Waals surface area contributed by atoms with Crippen molar-refractivity contribution in [3.8, 4) is 0 Å². The summed E-state index contributed by atoms with van der Waals surface area (Å²) in [4.78, 5) is 22.5. The molecule has 1 aromatic heterocycles. The Bertz CT molecular complexity index is 527. The Hall–Kier alpha value is -1.87. The maximum absolute atomic E-state index is 11.4. The van der Waals surface area contributed by atoms with E-state index in [0.29, 0.717) is 5.13 Å². The average molecular weight is 314 g/mol. The van der Waals surface area contributed by atoms with Crippen LogP contribution in [0.3, 0.4) is 0 Å². The van der Waals surface area contributed by atoms with Gasteiger partial charge >= 0.3 is 5.97 Å². The van der Waals surface area contributed by atoms with E-state index in [0.717, 1.165) is 23.6 Å². The van der Waals surface area contributed by atoms with Crippen LogP contribution in [0.4, 0.5) is 5.13 Å². The maximum Gasteiger partial charge on any atom is 0.330 e. The highest BCUT2D eigenvalue weighted by Gasteiger charge is 2.06. The van der Waals surface area contributed by atoms with Crippen molar-refractivity contribution in [1.29, 1.82) is 0 Å². The number of amides is 1. The lowest BCUT2D eigenvalue weighted by atomic mass is 10.4. The molecule has 0 saturated heterocycles. The number of hydrogen-bond donors (Lipinski definition) is 2. The van der Waals surface area contributed by atoms with Crippen molar-refractivity contribution in [3.63, 3.8) is 0 Å². The number of thiocarbonyl (C=S) groups is 1. The highest BCUT2D eigenvalue weighted by Crippen LogP contribution is 2.14. The van der Waals surface area contributed by atoms with Crippen LogP contribution in [0, 0.1) is 0 Å². The second-order valence-corrected chi connectivity index (χ2v) is 4.85. The van der Waals surface area contributed by atoms with E-state index >= 15 is 0 Å². The zero-order chi connectivity index (χ0) is 15.0. The minimum absolute atomic E-state index is 0.0855. The standard InChI is InChI=1S/C11H14N4O3S2/c1-3-8-14-15-11(20-8)13-10(19)12-7(16)5-6-9(17)18-4-2/h5-6H,3-4H2,1-2H3,(H2,12,13,15,16,19)/b6-5+. The van der Waals surface area contributed by atoms with Gasteiger partial charge in [-0.2, -0.15) is 0 Å². The molecule has 0 atom stereocenters. The number of anilines is 1. The van der Waals surface area contributed by atoms with Crippen LogP contribution in [0.15, 0.2) is 12.2 Å². The molecule has 2 N–H and O–H groups in total. The molecule has 1 heterocycles. The first kappa shape index (κ1) is 16.2. The van der Waals surface area contributed by atoms with E-state index in [-0.39, 0.29) is 11.7 Å². The molecule has 20 heavy (non-hydrogen) atoms. The molecule has 1 aromatic rings. The smallest absolute Gasteiger partial charge is 0.330 e. The Kier molecular flexibility index (Phi) is 6.74. The molecule has 0 spiro atoms. The van der Waals surface area contributed by atoms with Gasteiger partial charge in [-0.3, -0.25) is 10.1 Å². The number of nitrogens with zero attached hydrogens (tertiary/aromatic N) is 2. The van der Waals surface area contributed by atoms with Gasteiger partial charge in [-0.05, 0) is 25.6 Å². The minimum atomic E-state index is -0.585. The third kappa shape index (κ3) is 5.85. The lowest BCUT2D eigenvalue weighted by molar-refractivity contribution is -0.137. The summed E-state index contributed by atoms with van der Waals surface area (Å²) in [5, 5.41) is 14.3. The monoisotopic (exact) mass is 314 g/mol. The van der Waals surface area contributed by atoms with Gasteiger partial charge < -0.3 is 10.1 Å². The van der Waals surface area contributed by atoms with Gasteiger partial charge in [-0.1, -0.05) is 18.3 Å². The van der Waals surface area contributed by atoms with Crippen molar-refractivity contribution in [3.05, 3.63) is 17.2 Å². The molecule has 9 heteroatoms. The average Bonchev–Trinajstić information content (AvgIpc) is 2.84. The van der Waals surface area contributed by atoms with Crippen LogP contribution >= 0.6 is 23.6 Å². The van der Waals surface area contributed by atoms with E-state index in [4.69, 9.17) is 12.2 Å². The van der Waals surface area contributed by atoms with Crippen LogP contribution in [0.25, 0.3) is 0 Å². The third-order valence-electron chi connectivity index (χ3n) is 1.88. The largest absolute Gasteiger partial charge is 0.463 e. The zero-order valence-corrected chi connectivity index (χ0v) is 12.6. The number of aromatic nitrogens is 2. The van der Waals surface area contributed by atoms with Crippen molar-refractivity contribution in [2.75, 3.05) is 11.9 Å². The van der Waals surface area contributed by atoms with Gasteiger partial charge in [0, 0.05) is 12.2 Å². The molecule has 1 amide bonds. The summed E-state index contributed by atoms with van der Waals surface area (Å²) in [5.41, 5.74) is 0. The first-order valence-electron chi connectivity index (χ1n) is 5.84. The van der Waals surface area contributed by atoms with E-state index in [2.05, 4.69) is 25.6 Å². The molecule has 0 bridgehead atoms. The topological polar surface area (TPSA) is 93.2 Å². The first-order chi connectivity index (χ1) is 9.55. The molecule has 0 aliphatic carbocycles. The van der Waals surface area contributed by atoms with E-state index in [1.807, 2.05) is 6.92 Å². The lowest BCUT2D eigenvalue weighted by Gasteiger charge is -2.03. The molecule has 0 saturated carbocycles.